The summed E-state index contributed by atoms with van der Waals surface area (Å²) in [7, 11) is 0. The summed E-state index contributed by atoms with van der Waals surface area (Å²) >= 11 is 0. The molecule has 1 heterocycles. The first-order valence-corrected chi connectivity index (χ1v) is 5.37. The molecule has 0 saturated carbocycles. The van der Waals surface area contributed by atoms with Crippen molar-refractivity contribution < 1.29 is 18.0 Å². The van der Waals surface area contributed by atoms with Crippen molar-refractivity contribution in [2.24, 2.45) is 0 Å². The van der Waals surface area contributed by atoms with Crippen LogP contribution in [0.2, 0.25) is 0 Å². The molecule has 2 aromatic rings. The molecule has 0 saturated heterocycles. The van der Waals surface area contributed by atoms with Crippen molar-refractivity contribution in [3.8, 4) is 0 Å². The molecule has 0 aliphatic heterocycles. The van der Waals surface area contributed by atoms with E-state index >= 15 is 0 Å². The SMILES string of the molecule is Cc1n[nH]c(C)c1C(=O)Nc1cc(F)c(F)c(F)c1. The van der Waals surface area contributed by atoms with E-state index in [1.165, 1.54) is 0 Å². The number of anilines is 1. The zero-order valence-corrected chi connectivity index (χ0v) is 10.1. The van der Waals surface area contributed by atoms with E-state index in [1.807, 2.05) is 0 Å². The first kappa shape index (κ1) is 13.1. The molecule has 1 aromatic heterocycles. The van der Waals surface area contributed by atoms with E-state index in [1.54, 1.807) is 13.8 Å². The predicted molar refractivity (Wildman–Crippen MR) is 62.3 cm³/mol. The average Bonchev–Trinajstić information content (AvgIpc) is 2.66. The number of aromatic amines is 1. The lowest BCUT2D eigenvalue weighted by atomic mass is 10.2. The summed E-state index contributed by atoms with van der Waals surface area (Å²) in [6.07, 6.45) is 0. The number of hydrogen-bond donors (Lipinski definition) is 2. The summed E-state index contributed by atoms with van der Waals surface area (Å²) in [6, 6.07) is 1.42. The second-order valence-corrected chi connectivity index (χ2v) is 4.02. The molecule has 0 aliphatic carbocycles. The second-order valence-electron chi connectivity index (χ2n) is 4.02. The third kappa shape index (κ3) is 2.44. The van der Waals surface area contributed by atoms with E-state index in [2.05, 4.69) is 15.5 Å². The number of carbonyl (C=O) groups excluding carboxylic acids is 1. The predicted octanol–water partition coefficient (Wildman–Crippen LogP) is 2.70. The molecule has 0 aliphatic rings. The lowest BCUT2D eigenvalue weighted by molar-refractivity contribution is 0.102. The van der Waals surface area contributed by atoms with Crippen LogP contribution in [-0.2, 0) is 0 Å². The van der Waals surface area contributed by atoms with Crippen molar-refractivity contribution in [2.45, 2.75) is 13.8 Å². The molecule has 1 aromatic carbocycles. The lowest BCUT2D eigenvalue weighted by Crippen LogP contribution is -2.14. The van der Waals surface area contributed by atoms with Gasteiger partial charge in [0.15, 0.2) is 17.5 Å². The van der Waals surface area contributed by atoms with Crippen LogP contribution in [0.15, 0.2) is 12.1 Å². The fraction of sp³-hybridized carbons (Fsp3) is 0.167. The summed E-state index contributed by atoms with van der Waals surface area (Å²) in [4.78, 5) is 11.9. The molecule has 0 fully saturated rings. The number of aryl methyl sites for hydroxylation is 2. The number of H-pyrrole nitrogens is 1. The Morgan fingerprint density at radius 1 is 1.21 bits per heavy atom. The Hall–Kier alpha value is -2.31. The highest BCUT2D eigenvalue weighted by molar-refractivity contribution is 6.05. The molecule has 0 radical (unpaired) electrons. The van der Waals surface area contributed by atoms with Gasteiger partial charge in [-0.05, 0) is 13.8 Å². The van der Waals surface area contributed by atoms with Crippen LogP contribution in [0.5, 0.6) is 0 Å². The summed E-state index contributed by atoms with van der Waals surface area (Å²) in [5.41, 5.74) is 1.10. The summed E-state index contributed by atoms with van der Waals surface area (Å²) in [5, 5.41) is 8.74. The van der Waals surface area contributed by atoms with Crippen molar-refractivity contribution in [3.05, 3.63) is 46.5 Å². The zero-order valence-electron chi connectivity index (χ0n) is 10.1. The van der Waals surface area contributed by atoms with E-state index in [9.17, 15) is 18.0 Å². The Morgan fingerprint density at radius 3 is 2.26 bits per heavy atom. The highest BCUT2D eigenvalue weighted by Crippen LogP contribution is 2.19. The molecule has 0 bridgehead atoms. The van der Waals surface area contributed by atoms with Gasteiger partial charge in [0.05, 0.1) is 11.3 Å². The van der Waals surface area contributed by atoms with Crippen LogP contribution in [0.4, 0.5) is 18.9 Å². The van der Waals surface area contributed by atoms with Crippen molar-refractivity contribution in [2.75, 3.05) is 5.32 Å². The largest absolute Gasteiger partial charge is 0.322 e. The molecule has 19 heavy (non-hydrogen) atoms. The molecule has 0 atom stereocenters. The molecule has 0 unspecified atom stereocenters. The normalized spacial score (nSPS) is 10.6. The van der Waals surface area contributed by atoms with Gasteiger partial charge in [0, 0.05) is 23.5 Å². The van der Waals surface area contributed by atoms with Crippen LogP contribution < -0.4 is 5.32 Å². The molecular formula is C12H10F3N3O. The van der Waals surface area contributed by atoms with Gasteiger partial charge in [-0.15, -0.1) is 0 Å². The minimum absolute atomic E-state index is 0.165. The number of halogens is 3. The molecule has 4 nitrogen and oxygen atoms in total. The van der Waals surface area contributed by atoms with Gasteiger partial charge in [0.25, 0.3) is 5.91 Å². The highest BCUT2D eigenvalue weighted by Gasteiger charge is 2.17. The van der Waals surface area contributed by atoms with E-state index < -0.39 is 23.4 Å². The Bertz CT molecular complexity index is 609. The van der Waals surface area contributed by atoms with Gasteiger partial charge in [-0.1, -0.05) is 0 Å². The number of nitrogens with one attached hydrogen (secondary N) is 2. The maximum atomic E-state index is 13.0. The van der Waals surface area contributed by atoms with E-state index in [0.29, 0.717) is 23.5 Å². The van der Waals surface area contributed by atoms with E-state index in [-0.39, 0.29) is 11.3 Å². The van der Waals surface area contributed by atoms with Crippen LogP contribution in [0, 0.1) is 31.3 Å². The van der Waals surface area contributed by atoms with Crippen molar-refractivity contribution in [3.63, 3.8) is 0 Å². The number of nitrogens with zero attached hydrogens (tertiary/aromatic N) is 1. The third-order valence-corrected chi connectivity index (χ3v) is 2.60. The number of aromatic nitrogens is 2. The van der Waals surface area contributed by atoms with E-state index in [0.717, 1.165) is 0 Å². The van der Waals surface area contributed by atoms with Crippen molar-refractivity contribution in [1.29, 1.82) is 0 Å². The van der Waals surface area contributed by atoms with Gasteiger partial charge in [-0.25, -0.2) is 13.2 Å². The first-order chi connectivity index (χ1) is 8.90. The number of carbonyl (C=O) groups is 1. The molecule has 2 rings (SSSR count). The second kappa shape index (κ2) is 4.75. The fourth-order valence-electron chi connectivity index (χ4n) is 1.71. The first-order valence-electron chi connectivity index (χ1n) is 5.37. The smallest absolute Gasteiger partial charge is 0.259 e. The third-order valence-electron chi connectivity index (χ3n) is 2.60. The van der Waals surface area contributed by atoms with Gasteiger partial charge in [0.1, 0.15) is 0 Å². The maximum absolute atomic E-state index is 13.0. The van der Waals surface area contributed by atoms with Crippen LogP contribution in [0.25, 0.3) is 0 Å². The summed E-state index contributed by atoms with van der Waals surface area (Å²) in [6.45, 7) is 3.25. The standard InChI is InChI=1S/C12H10F3N3O/c1-5-10(6(2)18-17-5)12(19)16-7-3-8(13)11(15)9(14)4-7/h3-4H,1-2H3,(H,16,19)(H,17,18). The minimum atomic E-state index is -1.58. The van der Waals surface area contributed by atoms with Gasteiger partial charge in [0.2, 0.25) is 0 Å². The number of hydrogen-bond acceptors (Lipinski definition) is 2. The van der Waals surface area contributed by atoms with E-state index in [4.69, 9.17) is 0 Å². The highest BCUT2D eigenvalue weighted by atomic mass is 19.2. The molecule has 100 valence electrons. The Morgan fingerprint density at radius 2 is 1.79 bits per heavy atom. The van der Waals surface area contributed by atoms with Crippen LogP contribution >= 0.6 is 0 Å². The average molecular weight is 269 g/mol. The monoisotopic (exact) mass is 269 g/mol. The Balaban J connectivity index is 2.30. The molecule has 0 spiro atoms. The van der Waals surface area contributed by atoms with Crippen molar-refractivity contribution in [1.82, 2.24) is 10.2 Å². The molecule has 7 heteroatoms. The summed E-state index contributed by atoms with van der Waals surface area (Å²) < 4.78 is 38.8. The van der Waals surface area contributed by atoms with Gasteiger partial charge >= 0.3 is 0 Å². The van der Waals surface area contributed by atoms with Crippen LogP contribution in [-0.4, -0.2) is 16.1 Å². The van der Waals surface area contributed by atoms with Crippen LogP contribution in [0.3, 0.4) is 0 Å². The van der Waals surface area contributed by atoms with Gasteiger partial charge in [-0.3, -0.25) is 9.89 Å². The molecular weight excluding hydrogens is 259 g/mol. The summed E-state index contributed by atoms with van der Waals surface area (Å²) in [5.74, 6) is -4.88. The number of benzene rings is 1. The number of amides is 1. The fourth-order valence-corrected chi connectivity index (χ4v) is 1.71. The Kier molecular flexibility index (Phi) is 3.28. The Labute approximate surface area is 106 Å². The van der Waals surface area contributed by atoms with Gasteiger partial charge < -0.3 is 5.32 Å². The quantitative estimate of drug-likeness (QED) is 0.823. The lowest BCUT2D eigenvalue weighted by Gasteiger charge is -2.06. The van der Waals surface area contributed by atoms with Crippen LogP contribution in [0.1, 0.15) is 21.7 Å². The minimum Gasteiger partial charge on any atom is -0.322 e. The zero-order chi connectivity index (χ0) is 14.2. The maximum Gasteiger partial charge on any atom is 0.259 e. The topological polar surface area (TPSA) is 57.8 Å². The molecule has 2 N–H and O–H groups in total. The number of rotatable bonds is 2. The van der Waals surface area contributed by atoms with Gasteiger partial charge in [-0.2, -0.15) is 5.10 Å². The van der Waals surface area contributed by atoms with Crippen molar-refractivity contribution >= 4 is 11.6 Å². The molecule has 1 amide bonds.